The van der Waals surface area contributed by atoms with Crippen LogP contribution in [0.5, 0.6) is 11.8 Å². The molecule has 5 nitrogen and oxygen atoms in total. The van der Waals surface area contributed by atoms with Gasteiger partial charge < -0.3 is 14.8 Å². The molecule has 1 aromatic rings. The quantitative estimate of drug-likeness (QED) is 0.780. The Labute approximate surface area is 114 Å². The number of methoxy groups -OCH3 is 2. The van der Waals surface area contributed by atoms with E-state index in [-0.39, 0.29) is 0 Å². The van der Waals surface area contributed by atoms with Gasteiger partial charge >= 0.3 is 0 Å². The Hall–Kier alpha value is -1.36. The second-order valence-electron chi connectivity index (χ2n) is 5.22. The first-order valence-corrected chi connectivity index (χ1v) is 6.87. The molecule has 0 amide bonds. The van der Waals surface area contributed by atoms with Crippen LogP contribution < -0.4 is 14.8 Å². The largest absolute Gasteiger partial charge is 0.481 e. The molecule has 2 rings (SSSR count). The van der Waals surface area contributed by atoms with Crippen LogP contribution in [0.25, 0.3) is 0 Å². The Morgan fingerprint density at radius 2 is 1.84 bits per heavy atom. The fraction of sp³-hybridized carbons (Fsp3) is 0.714. The average molecular weight is 265 g/mol. The number of hydrogen-bond donors (Lipinski definition) is 1. The van der Waals surface area contributed by atoms with Gasteiger partial charge in [0.1, 0.15) is 6.33 Å². The molecule has 5 heteroatoms. The molecule has 0 bridgehead atoms. The monoisotopic (exact) mass is 265 g/mol. The number of hydrogen-bond acceptors (Lipinski definition) is 5. The zero-order chi connectivity index (χ0) is 13.7. The molecule has 1 fully saturated rings. The van der Waals surface area contributed by atoms with Crippen molar-refractivity contribution < 1.29 is 9.47 Å². The van der Waals surface area contributed by atoms with Gasteiger partial charge in [-0.15, -0.1) is 0 Å². The van der Waals surface area contributed by atoms with Crippen molar-refractivity contribution in [1.82, 2.24) is 15.3 Å². The summed E-state index contributed by atoms with van der Waals surface area (Å²) in [6, 6.07) is 0. The van der Waals surface area contributed by atoms with E-state index < -0.39 is 0 Å². The van der Waals surface area contributed by atoms with E-state index in [2.05, 4.69) is 22.2 Å². The van der Waals surface area contributed by atoms with E-state index in [0.717, 1.165) is 12.1 Å². The van der Waals surface area contributed by atoms with Crippen molar-refractivity contribution in [2.24, 2.45) is 5.41 Å². The standard InChI is InChI=1S/C14H23N3O2/c1-4-5-14(6-7-14)9-15-8-11-12(18-2)16-10-17-13(11)19-3/h10,15H,4-9H2,1-3H3. The molecular formula is C14H23N3O2. The number of nitrogens with one attached hydrogen (secondary N) is 1. The number of ether oxygens (including phenoxy) is 2. The van der Waals surface area contributed by atoms with E-state index in [4.69, 9.17) is 9.47 Å². The molecule has 1 aliphatic rings. The third kappa shape index (κ3) is 3.35. The predicted octanol–water partition coefficient (Wildman–Crippen LogP) is 2.16. The minimum absolute atomic E-state index is 0.533. The van der Waals surface area contributed by atoms with Crippen molar-refractivity contribution in [2.45, 2.75) is 39.2 Å². The van der Waals surface area contributed by atoms with Crippen molar-refractivity contribution >= 4 is 0 Å². The van der Waals surface area contributed by atoms with Gasteiger partial charge in [0.2, 0.25) is 11.8 Å². The molecule has 0 aromatic carbocycles. The Bertz CT molecular complexity index is 397. The summed E-state index contributed by atoms with van der Waals surface area (Å²) in [4.78, 5) is 8.24. The van der Waals surface area contributed by atoms with Crippen LogP contribution in [0.2, 0.25) is 0 Å². The molecule has 1 aliphatic carbocycles. The zero-order valence-electron chi connectivity index (χ0n) is 12.0. The second kappa shape index (κ2) is 6.19. The lowest BCUT2D eigenvalue weighted by molar-refractivity contribution is 0.354. The first-order valence-electron chi connectivity index (χ1n) is 6.87. The SMILES string of the molecule is CCCC1(CNCc2c(OC)ncnc2OC)CC1. The highest BCUT2D eigenvalue weighted by atomic mass is 16.5. The highest BCUT2D eigenvalue weighted by Gasteiger charge is 2.40. The van der Waals surface area contributed by atoms with Crippen LogP contribution >= 0.6 is 0 Å². The molecule has 0 aliphatic heterocycles. The maximum Gasteiger partial charge on any atom is 0.224 e. The summed E-state index contributed by atoms with van der Waals surface area (Å²) in [5.74, 6) is 1.17. The van der Waals surface area contributed by atoms with Crippen LogP contribution in [-0.2, 0) is 6.54 Å². The first kappa shape index (κ1) is 14.1. The molecule has 0 unspecified atom stereocenters. The van der Waals surface area contributed by atoms with E-state index in [0.29, 0.717) is 23.7 Å². The van der Waals surface area contributed by atoms with Crippen LogP contribution in [0.4, 0.5) is 0 Å². The van der Waals surface area contributed by atoms with Crippen molar-refractivity contribution in [2.75, 3.05) is 20.8 Å². The molecule has 19 heavy (non-hydrogen) atoms. The minimum atomic E-state index is 0.533. The molecule has 1 heterocycles. The molecule has 1 saturated carbocycles. The normalized spacial score (nSPS) is 16.2. The van der Waals surface area contributed by atoms with Gasteiger partial charge in [-0.05, 0) is 24.7 Å². The van der Waals surface area contributed by atoms with E-state index in [1.807, 2.05) is 0 Å². The fourth-order valence-corrected chi connectivity index (χ4v) is 2.56. The predicted molar refractivity (Wildman–Crippen MR) is 73.4 cm³/mol. The van der Waals surface area contributed by atoms with E-state index in [1.165, 1.54) is 32.0 Å². The van der Waals surface area contributed by atoms with Gasteiger partial charge in [-0.25, -0.2) is 9.97 Å². The third-order valence-corrected chi connectivity index (χ3v) is 3.79. The molecule has 0 radical (unpaired) electrons. The van der Waals surface area contributed by atoms with Crippen LogP contribution in [0, 0.1) is 5.41 Å². The summed E-state index contributed by atoms with van der Waals surface area (Å²) in [6.45, 7) is 3.97. The first-order chi connectivity index (χ1) is 9.24. The fourth-order valence-electron chi connectivity index (χ4n) is 2.56. The van der Waals surface area contributed by atoms with Crippen molar-refractivity contribution in [3.05, 3.63) is 11.9 Å². The molecule has 0 saturated heterocycles. The van der Waals surface area contributed by atoms with Gasteiger partial charge in [0.15, 0.2) is 0 Å². The van der Waals surface area contributed by atoms with Crippen molar-refractivity contribution in [3.63, 3.8) is 0 Å². The van der Waals surface area contributed by atoms with Crippen LogP contribution in [0.1, 0.15) is 38.2 Å². The summed E-state index contributed by atoms with van der Waals surface area (Å²) in [6.07, 6.45) is 6.70. The van der Waals surface area contributed by atoms with Gasteiger partial charge in [0.25, 0.3) is 0 Å². The number of rotatable bonds is 8. The maximum absolute atomic E-state index is 5.26. The Morgan fingerprint density at radius 3 is 2.32 bits per heavy atom. The smallest absolute Gasteiger partial charge is 0.224 e. The molecule has 1 aromatic heterocycles. The second-order valence-corrected chi connectivity index (χ2v) is 5.22. The summed E-state index contributed by atoms with van der Waals surface area (Å²) < 4.78 is 10.5. The lowest BCUT2D eigenvalue weighted by atomic mass is 10.0. The highest BCUT2D eigenvalue weighted by Crippen LogP contribution is 2.49. The Balaban J connectivity index is 1.95. The van der Waals surface area contributed by atoms with Crippen LogP contribution in [-0.4, -0.2) is 30.7 Å². The lowest BCUT2D eigenvalue weighted by Gasteiger charge is -2.16. The summed E-state index contributed by atoms with van der Waals surface area (Å²) in [5, 5.41) is 3.50. The van der Waals surface area contributed by atoms with Gasteiger partial charge in [-0.1, -0.05) is 13.3 Å². The van der Waals surface area contributed by atoms with Crippen molar-refractivity contribution in [3.8, 4) is 11.8 Å². The molecule has 1 N–H and O–H groups in total. The van der Waals surface area contributed by atoms with Gasteiger partial charge in [0, 0.05) is 13.1 Å². The lowest BCUT2D eigenvalue weighted by Crippen LogP contribution is -2.24. The molecular weight excluding hydrogens is 242 g/mol. The average Bonchev–Trinajstić information content (AvgIpc) is 3.19. The Morgan fingerprint density at radius 1 is 1.21 bits per heavy atom. The maximum atomic E-state index is 5.26. The Kier molecular flexibility index (Phi) is 4.58. The summed E-state index contributed by atoms with van der Waals surface area (Å²) >= 11 is 0. The van der Waals surface area contributed by atoms with Crippen molar-refractivity contribution in [1.29, 1.82) is 0 Å². The van der Waals surface area contributed by atoms with Crippen LogP contribution in [0.15, 0.2) is 6.33 Å². The summed E-state index contributed by atoms with van der Waals surface area (Å²) in [7, 11) is 3.23. The topological polar surface area (TPSA) is 56.3 Å². The zero-order valence-corrected chi connectivity index (χ0v) is 12.0. The number of nitrogens with zero attached hydrogens (tertiary/aromatic N) is 2. The van der Waals surface area contributed by atoms with Gasteiger partial charge in [-0.3, -0.25) is 0 Å². The van der Waals surface area contributed by atoms with Gasteiger partial charge in [0.05, 0.1) is 19.8 Å². The van der Waals surface area contributed by atoms with E-state index in [9.17, 15) is 0 Å². The highest BCUT2D eigenvalue weighted by molar-refractivity contribution is 5.34. The molecule has 0 atom stereocenters. The third-order valence-electron chi connectivity index (χ3n) is 3.79. The molecule has 0 spiro atoms. The van der Waals surface area contributed by atoms with Gasteiger partial charge in [-0.2, -0.15) is 0 Å². The van der Waals surface area contributed by atoms with E-state index >= 15 is 0 Å². The summed E-state index contributed by atoms with van der Waals surface area (Å²) in [5.41, 5.74) is 1.42. The van der Waals surface area contributed by atoms with E-state index in [1.54, 1.807) is 14.2 Å². The molecule has 106 valence electrons. The minimum Gasteiger partial charge on any atom is -0.481 e. The number of aromatic nitrogens is 2. The van der Waals surface area contributed by atoms with Crippen LogP contribution in [0.3, 0.4) is 0 Å².